The van der Waals surface area contributed by atoms with Gasteiger partial charge in [0, 0.05) is 11.4 Å². The number of aryl methyl sites for hydroxylation is 1. The number of amides is 1. The lowest BCUT2D eigenvalue weighted by Crippen LogP contribution is -2.31. The standard InChI is InChI=1S/C17H20N2O2/c1-12-4-6-14(7-5-12)18-13(2)17(20)19-15-8-10-16(21-3)11-9-15/h4-11,13,18H,1-3H3,(H,19,20). The van der Waals surface area contributed by atoms with Gasteiger partial charge in [-0.3, -0.25) is 4.79 Å². The second kappa shape index (κ2) is 6.79. The Balaban J connectivity index is 1.93. The average Bonchev–Trinajstić information content (AvgIpc) is 2.50. The lowest BCUT2D eigenvalue weighted by atomic mass is 10.2. The van der Waals surface area contributed by atoms with Crippen LogP contribution in [-0.4, -0.2) is 19.1 Å². The Kier molecular flexibility index (Phi) is 4.82. The van der Waals surface area contributed by atoms with E-state index in [1.54, 1.807) is 7.11 Å². The van der Waals surface area contributed by atoms with Gasteiger partial charge in [0.05, 0.1) is 7.11 Å². The van der Waals surface area contributed by atoms with E-state index in [1.165, 1.54) is 5.56 Å². The fourth-order valence-corrected chi connectivity index (χ4v) is 1.89. The Labute approximate surface area is 125 Å². The highest BCUT2D eigenvalue weighted by molar-refractivity contribution is 5.96. The molecule has 0 saturated carbocycles. The molecule has 2 aromatic rings. The molecule has 2 N–H and O–H groups in total. The summed E-state index contributed by atoms with van der Waals surface area (Å²) in [6.45, 7) is 3.86. The van der Waals surface area contributed by atoms with Crippen LogP contribution in [-0.2, 0) is 4.79 Å². The molecule has 110 valence electrons. The maximum atomic E-state index is 12.1. The van der Waals surface area contributed by atoms with Crippen molar-refractivity contribution in [3.63, 3.8) is 0 Å². The maximum absolute atomic E-state index is 12.1. The molecule has 1 amide bonds. The second-order valence-corrected chi connectivity index (χ2v) is 4.95. The highest BCUT2D eigenvalue weighted by atomic mass is 16.5. The van der Waals surface area contributed by atoms with E-state index in [1.807, 2.05) is 62.4 Å². The molecule has 1 unspecified atom stereocenters. The van der Waals surface area contributed by atoms with Gasteiger partial charge in [0.25, 0.3) is 0 Å². The molecule has 2 rings (SSSR count). The molecule has 0 aliphatic carbocycles. The molecule has 1 atom stereocenters. The summed E-state index contributed by atoms with van der Waals surface area (Å²) in [7, 11) is 1.61. The van der Waals surface area contributed by atoms with Gasteiger partial charge < -0.3 is 15.4 Å². The summed E-state index contributed by atoms with van der Waals surface area (Å²) < 4.78 is 5.09. The van der Waals surface area contributed by atoms with Gasteiger partial charge in [-0.05, 0) is 50.2 Å². The van der Waals surface area contributed by atoms with Crippen molar-refractivity contribution in [2.75, 3.05) is 17.7 Å². The van der Waals surface area contributed by atoms with Gasteiger partial charge in [-0.2, -0.15) is 0 Å². The van der Waals surface area contributed by atoms with Crippen LogP contribution in [0.15, 0.2) is 48.5 Å². The highest BCUT2D eigenvalue weighted by Gasteiger charge is 2.12. The zero-order chi connectivity index (χ0) is 15.2. The van der Waals surface area contributed by atoms with Gasteiger partial charge >= 0.3 is 0 Å². The molecule has 0 aromatic heterocycles. The zero-order valence-electron chi connectivity index (χ0n) is 12.5. The summed E-state index contributed by atoms with van der Waals surface area (Å²) in [6.07, 6.45) is 0. The van der Waals surface area contributed by atoms with E-state index in [0.29, 0.717) is 0 Å². The molecule has 0 heterocycles. The zero-order valence-corrected chi connectivity index (χ0v) is 12.5. The van der Waals surface area contributed by atoms with Crippen LogP contribution < -0.4 is 15.4 Å². The number of hydrogen-bond donors (Lipinski definition) is 2. The van der Waals surface area contributed by atoms with Crippen LogP contribution in [0.1, 0.15) is 12.5 Å². The minimum atomic E-state index is -0.324. The van der Waals surface area contributed by atoms with Gasteiger partial charge in [-0.1, -0.05) is 17.7 Å². The van der Waals surface area contributed by atoms with Crippen molar-refractivity contribution >= 4 is 17.3 Å². The number of hydrogen-bond acceptors (Lipinski definition) is 3. The molecular formula is C17H20N2O2. The molecular weight excluding hydrogens is 264 g/mol. The van der Waals surface area contributed by atoms with E-state index >= 15 is 0 Å². The summed E-state index contributed by atoms with van der Waals surface area (Å²) in [6, 6.07) is 14.9. The number of nitrogens with one attached hydrogen (secondary N) is 2. The highest BCUT2D eigenvalue weighted by Crippen LogP contribution is 2.16. The summed E-state index contributed by atoms with van der Waals surface area (Å²) >= 11 is 0. The molecule has 4 nitrogen and oxygen atoms in total. The van der Waals surface area contributed by atoms with Crippen molar-refractivity contribution < 1.29 is 9.53 Å². The number of ether oxygens (including phenoxy) is 1. The predicted molar refractivity (Wildman–Crippen MR) is 85.9 cm³/mol. The lowest BCUT2D eigenvalue weighted by Gasteiger charge is -2.15. The van der Waals surface area contributed by atoms with Crippen LogP contribution in [0.2, 0.25) is 0 Å². The van der Waals surface area contributed by atoms with Crippen LogP contribution in [0.25, 0.3) is 0 Å². The van der Waals surface area contributed by atoms with Crippen LogP contribution in [0.5, 0.6) is 5.75 Å². The van der Waals surface area contributed by atoms with Crippen molar-refractivity contribution in [3.05, 3.63) is 54.1 Å². The second-order valence-electron chi connectivity index (χ2n) is 4.95. The summed E-state index contributed by atoms with van der Waals surface area (Å²) in [5.41, 5.74) is 2.87. The van der Waals surface area contributed by atoms with E-state index in [2.05, 4.69) is 10.6 Å². The van der Waals surface area contributed by atoms with Crippen molar-refractivity contribution in [1.82, 2.24) is 0 Å². The third-order valence-electron chi connectivity index (χ3n) is 3.19. The summed E-state index contributed by atoms with van der Waals surface area (Å²) in [5, 5.41) is 6.04. The van der Waals surface area contributed by atoms with Crippen LogP contribution in [0.4, 0.5) is 11.4 Å². The SMILES string of the molecule is COc1ccc(NC(=O)C(C)Nc2ccc(C)cc2)cc1. The molecule has 0 saturated heterocycles. The van der Waals surface area contributed by atoms with Gasteiger partial charge in [0.1, 0.15) is 11.8 Å². The van der Waals surface area contributed by atoms with Gasteiger partial charge in [-0.25, -0.2) is 0 Å². The van der Waals surface area contributed by atoms with E-state index < -0.39 is 0 Å². The Hall–Kier alpha value is -2.49. The first-order valence-corrected chi connectivity index (χ1v) is 6.86. The molecule has 0 aliphatic rings. The number of benzene rings is 2. The average molecular weight is 284 g/mol. The number of rotatable bonds is 5. The quantitative estimate of drug-likeness (QED) is 0.884. The molecule has 0 bridgehead atoms. The Morgan fingerprint density at radius 3 is 2.14 bits per heavy atom. The monoisotopic (exact) mass is 284 g/mol. The van der Waals surface area contributed by atoms with Gasteiger partial charge in [0.15, 0.2) is 0 Å². The Morgan fingerprint density at radius 1 is 1.00 bits per heavy atom. The number of methoxy groups -OCH3 is 1. The summed E-state index contributed by atoms with van der Waals surface area (Å²) in [5.74, 6) is 0.680. The van der Waals surface area contributed by atoms with Gasteiger partial charge in [-0.15, -0.1) is 0 Å². The van der Waals surface area contributed by atoms with Crippen molar-refractivity contribution in [1.29, 1.82) is 0 Å². The normalized spacial score (nSPS) is 11.6. The Bertz CT molecular complexity index is 591. The molecule has 2 aromatic carbocycles. The Morgan fingerprint density at radius 2 is 1.57 bits per heavy atom. The van der Waals surface area contributed by atoms with E-state index in [-0.39, 0.29) is 11.9 Å². The smallest absolute Gasteiger partial charge is 0.246 e. The first kappa shape index (κ1) is 14.9. The van der Waals surface area contributed by atoms with Crippen LogP contribution in [0.3, 0.4) is 0 Å². The third-order valence-corrected chi connectivity index (χ3v) is 3.19. The molecule has 0 aliphatic heterocycles. The van der Waals surface area contributed by atoms with Crippen molar-refractivity contribution in [2.24, 2.45) is 0 Å². The fraction of sp³-hybridized carbons (Fsp3) is 0.235. The van der Waals surface area contributed by atoms with E-state index in [9.17, 15) is 4.79 Å². The maximum Gasteiger partial charge on any atom is 0.246 e. The minimum absolute atomic E-state index is 0.0826. The number of carbonyl (C=O) groups excluding carboxylic acids is 1. The van der Waals surface area contributed by atoms with Crippen molar-refractivity contribution in [2.45, 2.75) is 19.9 Å². The van der Waals surface area contributed by atoms with Gasteiger partial charge in [0.2, 0.25) is 5.91 Å². The third kappa shape index (κ3) is 4.24. The molecule has 0 radical (unpaired) electrons. The molecule has 0 spiro atoms. The minimum Gasteiger partial charge on any atom is -0.497 e. The molecule has 0 fully saturated rings. The topological polar surface area (TPSA) is 50.4 Å². The fourth-order valence-electron chi connectivity index (χ4n) is 1.89. The summed E-state index contributed by atoms with van der Waals surface area (Å²) in [4.78, 5) is 12.1. The first-order valence-electron chi connectivity index (χ1n) is 6.86. The molecule has 4 heteroatoms. The van der Waals surface area contributed by atoms with Crippen molar-refractivity contribution in [3.8, 4) is 5.75 Å². The van der Waals surface area contributed by atoms with Crippen LogP contribution in [0, 0.1) is 6.92 Å². The van der Waals surface area contributed by atoms with Crippen LogP contribution >= 0.6 is 0 Å². The first-order chi connectivity index (χ1) is 10.1. The predicted octanol–water partition coefficient (Wildman–Crippen LogP) is 3.44. The number of carbonyl (C=O) groups is 1. The largest absolute Gasteiger partial charge is 0.497 e. The van der Waals surface area contributed by atoms with E-state index in [0.717, 1.165) is 17.1 Å². The lowest BCUT2D eigenvalue weighted by molar-refractivity contribution is -0.116. The molecule has 21 heavy (non-hydrogen) atoms. The van der Waals surface area contributed by atoms with E-state index in [4.69, 9.17) is 4.74 Å². The number of anilines is 2.